The predicted octanol–water partition coefficient (Wildman–Crippen LogP) is 15.6. The van der Waals surface area contributed by atoms with Crippen LogP contribution in [-0.4, -0.2) is 0 Å². The van der Waals surface area contributed by atoms with E-state index in [1.807, 2.05) is 23.5 Å². The molecule has 10 aromatic rings. The number of rotatable bonds is 4. The van der Waals surface area contributed by atoms with Gasteiger partial charge in [-0.05, 0) is 104 Å². The molecule has 2 aliphatic rings. The van der Waals surface area contributed by atoms with Gasteiger partial charge in [0.2, 0.25) is 0 Å². The van der Waals surface area contributed by atoms with Gasteiger partial charge in [-0.1, -0.05) is 140 Å². The average molecular weight is 734 g/mol. The van der Waals surface area contributed by atoms with Gasteiger partial charge in [0, 0.05) is 20.2 Å². The minimum Gasteiger partial charge on any atom is -0.453 e. The van der Waals surface area contributed by atoms with Crippen molar-refractivity contribution in [2.24, 2.45) is 0 Å². The molecule has 0 N–H and O–H groups in total. The van der Waals surface area contributed by atoms with Crippen LogP contribution < -0.4 is 14.4 Å². The van der Waals surface area contributed by atoms with Gasteiger partial charge in [0.25, 0.3) is 0 Å². The Morgan fingerprint density at radius 3 is 1.79 bits per heavy atom. The van der Waals surface area contributed by atoms with Crippen molar-refractivity contribution in [3.05, 3.63) is 188 Å². The Bertz CT molecular complexity index is 3210. The number of fused-ring (bicyclic) bond motifs is 8. The highest BCUT2D eigenvalue weighted by Gasteiger charge is 2.35. The molecule has 0 saturated heterocycles. The Hall–Kier alpha value is -7.14. The van der Waals surface area contributed by atoms with Crippen LogP contribution in [0.25, 0.3) is 75.5 Å². The van der Waals surface area contributed by atoms with Crippen LogP contribution in [0.1, 0.15) is 0 Å². The van der Waals surface area contributed by atoms with E-state index in [0.29, 0.717) is 0 Å². The molecular weight excluding hydrogens is 703 g/mol. The third-order valence-electron chi connectivity index (χ3n) is 11.2. The molecule has 0 saturated carbocycles. The fourth-order valence-electron chi connectivity index (χ4n) is 8.57. The van der Waals surface area contributed by atoms with Crippen molar-refractivity contribution >= 4 is 59.3 Å². The van der Waals surface area contributed by atoms with E-state index in [-0.39, 0.29) is 0 Å². The molecule has 56 heavy (non-hydrogen) atoms. The second kappa shape index (κ2) is 12.2. The number of hydrogen-bond acceptors (Lipinski definition) is 4. The summed E-state index contributed by atoms with van der Waals surface area (Å²) in [5.41, 5.74) is 12.1. The summed E-state index contributed by atoms with van der Waals surface area (Å²) in [6.45, 7) is 0. The highest BCUT2D eigenvalue weighted by Crippen LogP contribution is 2.61. The number of nitrogens with zero attached hydrogens (tertiary/aromatic N) is 1. The van der Waals surface area contributed by atoms with E-state index < -0.39 is 0 Å². The molecule has 262 valence electrons. The Labute approximate surface area is 327 Å². The normalized spacial score (nSPS) is 12.5. The lowest BCUT2D eigenvalue weighted by Gasteiger charge is -2.38. The van der Waals surface area contributed by atoms with Crippen LogP contribution in [0, 0.1) is 0 Å². The summed E-state index contributed by atoms with van der Waals surface area (Å²) in [5, 5.41) is 5.07. The molecule has 0 fully saturated rings. The molecule has 2 aliphatic heterocycles. The van der Waals surface area contributed by atoms with Crippen LogP contribution in [0.5, 0.6) is 23.0 Å². The van der Waals surface area contributed by atoms with Gasteiger partial charge in [0.05, 0.1) is 11.4 Å². The zero-order valence-electron chi connectivity index (χ0n) is 30.1. The van der Waals surface area contributed by atoms with Crippen molar-refractivity contribution in [3.63, 3.8) is 0 Å². The summed E-state index contributed by atoms with van der Waals surface area (Å²) >= 11 is 1.87. The van der Waals surface area contributed by atoms with Gasteiger partial charge < -0.3 is 9.47 Å². The smallest absolute Gasteiger partial charge is 0.156 e. The molecule has 0 aliphatic carbocycles. The van der Waals surface area contributed by atoms with Crippen molar-refractivity contribution in [1.82, 2.24) is 0 Å². The van der Waals surface area contributed by atoms with Gasteiger partial charge in [0.1, 0.15) is 5.69 Å². The summed E-state index contributed by atoms with van der Waals surface area (Å²) in [7, 11) is 0. The number of hydrogen-bond donors (Lipinski definition) is 0. The van der Waals surface area contributed by atoms with Crippen LogP contribution in [0.15, 0.2) is 188 Å². The minimum absolute atomic E-state index is 0.761. The Morgan fingerprint density at radius 1 is 0.357 bits per heavy atom. The molecule has 3 heterocycles. The maximum absolute atomic E-state index is 6.90. The largest absolute Gasteiger partial charge is 0.453 e. The molecule has 0 spiro atoms. The summed E-state index contributed by atoms with van der Waals surface area (Å²) < 4.78 is 16.2. The number of ether oxygens (including phenoxy) is 2. The first-order chi connectivity index (χ1) is 27.7. The van der Waals surface area contributed by atoms with Crippen molar-refractivity contribution < 1.29 is 9.47 Å². The molecule has 0 radical (unpaired) electrons. The van der Waals surface area contributed by atoms with Crippen LogP contribution in [0.3, 0.4) is 0 Å². The second-order valence-electron chi connectivity index (χ2n) is 14.5. The highest BCUT2D eigenvalue weighted by molar-refractivity contribution is 7.26. The van der Waals surface area contributed by atoms with Crippen LogP contribution in [0.2, 0.25) is 0 Å². The molecule has 0 unspecified atom stereocenters. The molecule has 0 amide bonds. The van der Waals surface area contributed by atoms with Crippen LogP contribution in [0.4, 0.5) is 17.1 Å². The number of para-hydroxylation sites is 2. The summed E-state index contributed by atoms with van der Waals surface area (Å²) in [6.07, 6.45) is 0. The summed E-state index contributed by atoms with van der Waals surface area (Å²) in [5.74, 6) is 3.14. The predicted molar refractivity (Wildman–Crippen MR) is 233 cm³/mol. The van der Waals surface area contributed by atoms with E-state index in [4.69, 9.17) is 9.47 Å². The van der Waals surface area contributed by atoms with E-state index in [1.54, 1.807) is 0 Å². The lowest BCUT2D eigenvalue weighted by atomic mass is 9.92. The molecule has 12 rings (SSSR count). The monoisotopic (exact) mass is 733 g/mol. The lowest BCUT2D eigenvalue weighted by Crippen LogP contribution is -2.20. The van der Waals surface area contributed by atoms with Gasteiger partial charge in [-0.3, -0.25) is 4.90 Å². The molecule has 3 nitrogen and oxygen atoms in total. The molecule has 1 aromatic heterocycles. The fourth-order valence-corrected chi connectivity index (χ4v) is 9.81. The number of anilines is 3. The Kier molecular flexibility index (Phi) is 6.80. The maximum atomic E-state index is 6.90. The first-order valence-electron chi connectivity index (χ1n) is 18.9. The fraction of sp³-hybridized carbons (Fsp3) is 0. The van der Waals surface area contributed by atoms with Crippen molar-refractivity contribution in [2.45, 2.75) is 0 Å². The average Bonchev–Trinajstić information content (AvgIpc) is 3.65. The Balaban J connectivity index is 0.957. The first-order valence-corrected chi connectivity index (χ1v) is 19.7. The van der Waals surface area contributed by atoms with E-state index >= 15 is 0 Å². The highest BCUT2D eigenvalue weighted by atomic mass is 32.1. The standard InChI is InChI=1S/C52H31NO2S/c1-2-11-35-28-36(25-20-32(35)10-1)37-26-27-45-47(29-37)55-49-31-38(30-48-51(49)53(45)44-17-6-7-18-46(44)54-48)40-13-4-3-12-39(40)33-21-23-34(24-22-33)41-15-9-16-43-42-14-5-8-19-50(42)56-52(41)43/h1-31H. The lowest BCUT2D eigenvalue weighted by molar-refractivity contribution is 0.446. The SMILES string of the molecule is c1ccc2c(c1)Oc1cc(-c3ccccc3-c3ccc(-c4cccc5c4sc4ccccc45)cc3)cc3c1N2c1ccc(-c2ccc4ccccc4c2)cc1O3. The molecule has 0 bridgehead atoms. The zero-order valence-corrected chi connectivity index (χ0v) is 30.9. The molecular formula is C52H31NO2S. The van der Waals surface area contributed by atoms with E-state index in [0.717, 1.165) is 73.4 Å². The summed E-state index contributed by atoms with van der Waals surface area (Å²) in [6, 6.07) is 67.2. The molecule has 0 atom stereocenters. The second-order valence-corrected chi connectivity index (χ2v) is 15.5. The number of benzene rings is 9. The number of thiophene rings is 1. The van der Waals surface area contributed by atoms with Crippen molar-refractivity contribution in [1.29, 1.82) is 0 Å². The summed E-state index contributed by atoms with van der Waals surface area (Å²) in [4.78, 5) is 2.29. The molecule has 4 heteroatoms. The van der Waals surface area contributed by atoms with Gasteiger partial charge in [-0.2, -0.15) is 0 Å². The third kappa shape index (κ3) is 4.83. The van der Waals surface area contributed by atoms with Crippen molar-refractivity contribution in [2.75, 3.05) is 4.90 Å². The van der Waals surface area contributed by atoms with E-state index in [2.05, 4.69) is 181 Å². The van der Waals surface area contributed by atoms with Gasteiger partial charge >= 0.3 is 0 Å². The van der Waals surface area contributed by atoms with Gasteiger partial charge in [-0.15, -0.1) is 11.3 Å². The first kappa shape index (κ1) is 31.2. The maximum Gasteiger partial charge on any atom is 0.156 e. The zero-order chi connectivity index (χ0) is 36.7. The quantitative estimate of drug-likeness (QED) is 0.180. The van der Waals surface area contributed by atoms with Gasteiger partial charge in [-0.25, -0.2) is 0 Å². The van der Waals surface area contributed by atoms with E-state index in [1.165, 1.54) is 42.1 Å². The topological polar surface area (TPSA) is 21.7 Å². The van der Waals surface area contributed by atoms with Crippen LogP contribution in [-0.2, 0) is 0 Å². The van der Waals surface area contributed by atoms with E-state index in [9.17, 15) is 0 Å². The van der Waals surface area contributed by atoms with Crippen LogP contribution >= 0.6 is 11.3 Å². The van der Waals surface area contributed by atoms with Crippen molar-refractivity contribution in [3.8, 4) is 67.5 Å². The van der Waals surface area contributed by atoms with Gasteiger partial charge in [0.15, 0.2) is 23.0 Å². The molecule has 9 aromatic carbocycles. The minimum atomic E-state index is 0.761. The Morgan fingerprint density at radius 2 is 0.929 bits per heavy atom. The third-order valence-corrected chi connectivity index (χ3v) is 12.5.